The minimum atomic E-state index is -0.0226. The summed E-state index contributed by atoms with van der Waals surface area (Å²) in [5.74, 6) is 1.63. The molecular formula is C26H24ClN3O. The summed E-state index contributed by atoms with van der Waals surface area (Å²) >= 11 is 6.04. The lowest BCUT2D eigenvalue weighted by molar-refractivity contribution is 0.0723. The van der Waals surface area contributed by atoms with Gasteiger partial charge in [-0.05, 0) is 60.7 Å². The second kappa shape index (κ2) is 8.56. The van der Waals surface area contributed by atoms with Crippen LogP contribution in [0, 0.1) is 5.92 Å². The van der Waals surface area contributed by atoms with Gasteiger partial charge in [0.25, 0.3) is 5.91 Å². The molecule has 0 unspecified atom stereocenters. The lowest BCUT2D eigenvalue weighted by Gasteiger charge is -2.23. The number of para-hydroxylation sites is 2. The first kappa shape index (κ1) is 19.8. The molecule has 0 N–H and O–H groups in total. The monoisotopic (exact) mass is 429 g/mol. The lowest BCUT2D eigenvalue weighted by Crippen LogP contribution is -2.31. The lowest BCUT2D eigenvalue weighted by atomic mass is 10.1. The third-order valence-corrected chi connectivity index (χ3v) is 6.05. The third kappa shape index (κ3) is 4.49. The van der Waals surface area contributed by atoms with E-state index in [4.69, 9.17) is 16.6 Å². The minimum absolute atomic E-state index is 0.0226. The van der Waals surface area contributed by atoms with E-state index in [1.165, 1.54) is 12.8 Å². The van der Waals surface area contributed by atoms with Crippen LogP contribution < -0.4 is 0 Å². The van der Waals surface area contributed by atoms with E-state index in [-0.39, 0.29) is 5.91 Å². The van der Waals surface area contributed by atoms with Gasteiger partial charge < -0.3 is 9.47 Å². The van der Waals surface area contributed by atoms with E-state index in [1.54, 1.807) is 24.3 Å². The van der Waals surface area contributed by atoms with E-state index in [1.807, 2.05) is 35.2 Å². The Morgan fingerprint density at radius 1 is 0.935 bits per heavy atom. The number of hydrogen-bond acceptors (Lipinski definition) is 2. The second-order valence-corrected chi connectivity index (χ2v) is 8.66. The molecular weight excluding hydrogens is 406 g/mol. The molecule has 3 aromatic carbocycles. The fourth-order valence-corrected chi connectivity index (χ4v) is 4.08. The van der Waals surface area contributed by atoms with Gasteiger partial charge in [0.2, 0.25) is 0 Å². The van der Waals surface area contributed by atoms with Crippen LogP contribution in [0.1, 0.15) is 34.6 Å². The van der Waals surface area contributed by atoms with Crippen molar-refractivity contribution in [1.29, 1.82) is 0 Å². The Morgan fingerprint density at radius 2 is 1.65 bits per heavy atom. The SMILES string of the molecule is O=C(c1ccc(Cl)cc1)N(Cc1ccccc1)Cc1nc2ccccc2n1CC1CC1. The van der Waals surface area contributed by atoms with Gasteiger partial charge in [0.05, 0.1) is 17.6 Å². The van der Waals surface area contributed by atoms with Gasteiger partial charge in [-0.25, -0.2) is 4.98 Å². The molecule has 5 heteroatoms. The predicted molar refractivity (Wildman–Crippen MR) is 124 cm³/mol. The molecule has 4 aromatic rings. The van der Waals surface area contributed by atoms with Gasteiger partial charge in [0, 0.05) is 23.7 Å². The maximum absolute atomic E-state index is 13.5. The van der Waals surface area contributed by atoms with Crippen molar-refractivity contribution < 1.29 is 4.79 Å². The van der Waals surface area contributed by atoms with E-state index < -0.39 is 0 Å². The van der Waals surface area contributed by atoms with Gasteiger partial charge in [-0.2, -0.15) is 0 Å². The van der Waals surface area contributed by atoms with Crippen LogP contribution in [-0.4, -0.2) is 20.4 Å². The maximum atomic E-state index is 13.5. The van der Waals surface area contributed by atoms with Crippen molar-refractivity contribution in [2.75, 3.05) is 0 Å². The maximum Gasteiger partial charge on any atom is 0.254 e. The predicted octanol–water partition coefficient (Wildman–Crippen LogP) is 5.94. The molecule has 0 atom stereocenters. The summed E-state index contributed by atoms with van der Waals surface area (Å²) in [4.78, 5) is 20.3. The number of rotatable bonds is 7. The van der Waals surface area contributed by atoms with Crippen molar-refractivity contribution in [3.05, 3.63) is 101 Å². The smallest absolute Gasteiger partial charge is 0.254 e. The van der Waals surface area contributed by atoms with Crippen LogP contribution in [0.15, 0.2) is 78.9 Å². The normalized spacial score (nSPS) is 13.5. The number of fused-ring (bicyclic) bond motifs is 1. The summed E-state index contributed by atoms with van der Waals surface area (Å²) in [5, 5.41) is 0.623. The molecule has 1 heterocycles. The number of aromatic nitrogens is 2. The van der Waals surface area contributed by atoms with E-state index in [2.05, 4.69) is 28.8 Å². The van der Waals surface area contributed by atoms with Crippen molar-refractivity contribution in [2.24, 2.45) is 5.92 Å². The van der Waals surface area contributed by atoms with Gasteiger partial charge in [-0.3, -0.25) is 4.79 Å². The molecule has 1 fully saturated rings. The highest BCUT2D eigenvalue weighted by molar-refractivity contribution is 6.30. The minimum Gasteiger partial charge on any atom is -0.327 e. The first-order chi connectivity index (χ1) is 15.2. The van der Waals surface area contributed by atoms with Crippen LogP contribution in [0.2, 0.25) is 5.02 Å². The highest BCUT2D eigenvalue weighted by Crippen LogP contribution is 2.33. The number of amides is 1. The largest absolute Gasteiger partial charge is 0.327 e. The average molecular weight is 430 g/mol. The summed E-state index contributed by atoms with van der Waals surface area (Å²) in [7, 11) is 0. The molecule has 0 spiro atoms. The standard InChI is InChI=1S/C26H24ClN3O/c27-22-14-12-21(13-15-22)26(31)29(16-19-6-2-1-3-7-19)18-25-28-23-8-4-5-9-24(23)30(25)17-20-10-11-20/h1-9,12-15,20H,10-11,16-18H2. The quantitative estimate of drug-likeness (QED) is 0.364. The molecule has 1 aliphatic rings. The Kier molecular flexibility index (Phi) is 5.47. The zero-order valence-electron chi connectivity index (χ0n) is 17.2. The first-order valence-electron chi connectivity index (χ1n) is 10.7. The molecule has 31 heavy (non-hydrogen) atoms. The zero-order chi connectivity index (χ0) is 21.2. The van der Waals surface area contributed by atoms with Gasteiger partial charge in [0.15, 0.2) is 0 Å². The van der Waals surface area contributed by atoms with Gasteiger partial charge in [-0.1, -0.05) is 54.1 Å². The molecule has 5 rings (SSSR count). The number of carbonyl (C=O) groups is 1. The van der Waals surface area contributed by atoms with Crippen molar-refractivity contribution in [1.82, 2.24) is 14.5 Å². The molecule has 156 valence electrons. The number of benzene rings is 3. The summed E-state index contributed by atoms with van der Waals surface area (Å²) < 4.78 is 2.31. The van der Waals surface area contributed by atoms with E-state index in [0.29, 0.717) is 29.6 Å². The van der Waals surface area contributed by atoms with Crippen LogP contribution in [0.3, 0.4) is 0 Å². The zero-order valence-corrected chi connectivity index (χ0v) is 18.0. The average Bonchev–Trinajstić information content (AvgIpc) is 3.55. The van der Waals surface area contributed by atoms with E-state index in [0.717, 1.165) is 29.0 Å². The van der Waals surface area contributed by atoms with Crippen LogP contribution in [0.5, 0.6) is 0 Å². The molecule has 0 bridgehead atoms. The Balaban J connectivity index is 1.50. The van der Waals surface area contributed by atoms with Gasteiger partial charge >= 0.3 is 0 Å². The number of halogens is 1. The number of carbonyl (C=O) groups excluding carboxylic acids is 1. The van der Waals surface area contributed by atoms with Crippen molar-refractivity contribution in [3.8, 4) is 0 Å². The molecule has 0 aliphatic heterocycles. The Labute approximate surface area is 187 Å². The van der Waals surface area contributed by atoms with Crippen molar-refractivity contribution in [2.45, 2.75) is 32.5 Å². The van der Waals surface area contributed by atoms with E-state index in [9.17, 15) is 4.79 Å². The highest BCUT2D eigenvalue weighted by Gasteiger charge is 2.26. The fourth-order valence-electron chi connectivity index (χ4n) is 3.96. The van der Waals surface area contributed by atoms with E-state index >= 15 is 0 Å². The molecule has 4 nitrogen and oxygen atoms in total. The Morgan fingerprint density at radius 3 is 2.39 bits per heavy atom. The molecule has 0 radical (unpaired) electrons. The number of nitrogens with zero attached hydrogens (tertiary/aromatic N) is 3. The molecule has 1 saturated carbocycles. The number of hydrogen-bond donors (Lipinski definition) is 0. The van der Waals surface area contributed by atoms with Crippen LogP contribution >= 0.6 is 11.6 Å². The van der Waals surface area contributed by atoms with Gasteiger partial charge in [0.1, 0.15) is 5.82 Å². The molecule has 1 aliphatic carbocycles. The highest BCUT2D eigenvalue weighted by atomic mass is 35.5. The summed E-state index contributed by atoms with van der Waals surface area (Å²) in [6, 6.07) is 25.4. The first-order valence-corrected chi connectivity index (χ1v) is 11.1. The van der Waals surface area contributed by atoms with Crippen LogP contribution in [0.25, 0.3) is 11.0 Å². The van der Waals surface area contributed by atoms with Crippen LogP contribution in [-0.2, 0) is 19.6 Å². The summed E-state index contributed by atoms with van der Waals surface area (Å²) in [6.07, 6.45) is 2.53. The molecule has 1 aromatic heterocycles. The van der Waals surface area contributed by atoms with Gasteiger partial charge in [-0.15, -0.1) is 0 Å². The van der Waals surface area contributed by atoms with Crippen molar-refractivity contribution in [3.63, 3.8) is 0 Å². The summed E-state index contributed by atoms with van der Waals surface area (Å²) in [6.45, 7) is 1.94. The van der Waals surface area contributed by atoms with Crippen molar-refractivity contribution >= 4 is 28.5 Å². The second-order valence-electron chi connectivity index (χ2n) is 8.22. The van der Waals surface area contributed by atoms with Crippen LogP contribution in [0.4, 0.5) is 0 Å². The third-order valence-electron chi connectivity index (χ3n) is 5.80. The Hall–Kier alpha value is -3.11. The summed E-state index contributed by atoms with van der Waals surface area (Å²) in [5.41, 5.74) is 3.85. The number of imidazole rings is 1. The Bertz CT molecular complexity index is 1200. The molecule has 1 amide bonds. The topological polar surface area (TPSA) is 38.1 Å². The molecule has 0 saturated heterocycles. The fraction of sp³-hybridized carbons (Fsp3) is 0.231.